The van der Waals surface area contributed by atoms with E-state index in [1.165, 1.54) is 5.56 Å². The summed E-state index contributed by atoms with van der Waals surface area (Å²) in [5.41, 5.74) is 1.91. The first-order valence-corrected chi connectivity index (χ1v) is 9.32. The normalized spacial score (nSPS) is 30.3. The standard InChI is InChI=1S/C13H20OSi/c1-5-13(11-9-7-6-8-10-11)12(14-13)15(2,3)4/h6-10,12H,5H2,1-4H3/t12-,13-/m1/s1. The molecule has 15 heavy (non-hydrogen) atoms. The summed E-state index contributed by atoms with van der Waals surface area (Å²) in [6, 6.07) is 10.7. The van der Waals surface area contributed by atoms with E-state index in [1.807, 2.05) is 0 Å². The van der Waals surface area contributed by atoms with Crippen molar-refractivity contribution in [3.63, 3.8) is 0 Å². The molecule has 1 heterocycles. The Labute approximate surface area is 93.5 Å². The van der Waals surface area contributed by atoms with E-state index in [4.69, 9.17) is 4.74 Å². The monoisotopic (exact) mass is 220 g/mol. The van der Waals surface area contributed by atoms with Crippen molar-refractivity contribution in [3.8, 4) is 0 Å². The summed E-state index contributed by atoms with van der Waals surface area (Å²) in [6.07, 6.45) is 1.09. The summed E-state index contributed by atoms with van der Waals surface area (Å²) in [5, 5.41) is 0. The number of ether oxygens (including phenoxy) is 1. The van der Waals surface area contributed by atoms with Crippen molar-refractivity contribution in [2.75, 3.05) is 0 Å². The second-order valence-electron chi connectivity index (χ2n) is 5.47. The second-order valence-corrected chi connectivity index (χ2v) is 10.7. The van der Waals surface area contributed by atoms with Crippen LogP contribution < -0.4 is 0 Å². The Morgan fingerprint density at radius 2 is 1.80 bits per heavy atom. The van der Waals surface area contributed by atoms with Crippen LogP contribution >= 0.6 is 0 Å². The molecule has 0 amide bonds. The third-order valence-electron chi connectivity index (χ3n) is 3.27. The van der Waals surface area contributed by atoms with Crippen LogP contribution in [0.15, 0.2) is 30.3 Å². The second kappa shape index (κ2) is 3.46. The molecular formula is C13H20OSi. The highest BCUT2D eigenvalue weighted by Gasteiger charge is 2.61. The van der Waals surface area contributed by atoms with E-state index in [0.717, 1.165) is 6.42 Å². The lowest BCUT2D eigenvalue weighted by molar-refractivity contribution is 0.297. The molecule has 2 heteroatoms. The van der Waals surface area contributed by atoms with Crippen molar-refractivity contribution in [2.45, 2.75) is 44.3 Å². The van der Waals surface area contributed by atoms with E-state index in [2.05, 4.69) is 56.9 Å². The summed E-state index contributed by atoms with van der Waals surface area (Å²) in [4.78, 5) is 0. The van der Waals surface area contributed by atoms with Gasteiger partial charge in [0, 0.05) is 0 Å². The van der Waals surface area contributed by atoms with Gasteiger partial charge in [-0.05, 0) is 12.0 Å². The Kier molecular flexibility index (Phi) is 2.51. The van der Waals surface area contributed by atoms with Crippen molar-refractivity contribution in [1.82, 2.24) is 0 Å². The number of hydrogen-bond donors (Lipinski definition) is 0. The quantitative estimate of drug-likeness (QED) is 0.560. The Morgan fingerprint density at radius 3 is 2.20 bits per heavy atom. The van der Waals surface area contributed by atoms with Crippen LogP contribution in [0.4, 0.5) is 0 Å². The molecule has 82 valence electrons. The van der Waals surface area contributed by atoms with Crippen molar-refractivity contribution in [3.05, 3.63) is 35.9 Å². The molecule has 1 fully saturated rings. The van der Waals surface area contributed by atoms with E-state index in [1.54, 1.807) is 0 Å². The van der Waals surface area contributed by atoms with Crippen molar-refractivity contribution < 1.29 is 4.74 Å². The van der Waals surface area contributed by atoms with Gasteiger partial charge in [0.15, 0.2) is 0 Å². The van der Waals surface area contributed by atoms with Crippen LogP contribution in [-0.2, 0) is 10.3 Å². The Hall–Kier alpha value is -0.603. The average Bonchev–Trinajstić information content (AvgIpc) is 2.94. The third kappa shape index (κ3) is 1.77. The van der Waals surface area contributed by atoms with E-state index < -0.39 is 8.07 Å². The molecule has 1 nitrogen and oxygen atoms in total. The summed E-state index contributed by atoms with van der Waals surface area (Å²) < 4.78 is 6.07. The van der Waals surface area contributed by atoms with Crippen LogP contribution in [0.3, 0.4) is 0 Å². The summed E-state index contributed by atoms with van der Waals surface area (Å²) in [7, 11) is -1.18. The van der Waals surface area contributed by atoms with Gasteiger partial charge in [-0.15, -0.1) is 0 Å². The predicted octanol–water partition coefficient (Wildman–Crippen LogP) is 3.57. The smallest absolute Gasteiger partial charge is 0.116 e. The molecule has 1 aliphatic heterocycles. The maximum absolute atomic E-state index is 6.07. The molecule has 1 aromatic carbocycles. The largest absolute Gasteiger partial charge is 0.365 e. The van der Waals surface area contributed by atoms with E-state index in [9.17, 15) is 0 Å². The number of rotatable bonds is 3. The summed E-state index contributed by atoms with van der Waals surface area (Å²) >= 11 is 0. The van der Waals surface area contributed by atoms with Crippen LogP contribution in [0.25, 0.3) is 0 Å². The minimum Gasteiger partial charge on any atom is -0.365 e. The van der Waals surface area contributed by atoms with E-state index in [-0.39, 0.29) is 5.60 Å². The molecule has 0 saturated carbocycles. The molecule has 1 aromatic rings. The van der Waals surface area contributed by atoms with Gasteiger partial charge in [0.1, 0.15) is 5.60 Å². The molecule has 1 saturated heterocycles. The van der Waals surface area contributed by atoms with Gasteiger partial charge in [-0.1, -0.05) is 56.9 Å². The van der Waals surface area contributed by atoms with Gasteiger partial charge in [-0.25, -0.2) is 0 Å². The van der Waals surface area contributed by atoms with Crippen LogP contribution in [0.5, 0.6) is 0 Å². The van der Waals surface area contributed by atoms with E-state index in [0.29, 0.717) is 5.73 Å². The first kappa shape index (κ1) is 10.9. The fourth-order valence-corrected chi connectivity index (χ4v) is 4.80. The minimum atomic E-state index is -1.18. The zero-order valence-electron chi connectivity index (χ0n) is 10.1. The Morgan fingerprint density at radius 1 is 1.20 bits per heavy atom. The van der Waals surface area contributed by atoms with Gasteiger partial charge in [0.05, 0.1) is 13.8 Å². The lowest BCUT2D eigenvalue weighted by Gasteiger charge is -2.17. The number of epoxide rings is 1. The maximum atomic E-state index is 6.07. The highest BCUT2D eigenvalue weighted by molar-refractivity contribution is 6.78. The van der Waals surface area contributed by atoms with Crippen molar-refractivity contribution in [2.24, 2.45) is 0 Å². The van der Waals surface area contributed by atoms with Gasteiger partial charge in [0.2, 0.25) is 0 Å². The van der Waals surface area contributed by atoms with Crippen molar-refractivity contribution >= 4 is 8.07 Å². The van der Waals surface area contributed by atoms with Gasteiger partial charge in [-0.3, -0.25) is 0 Å². The van der Waals surface area contributed by atoms with Crippen LogP contribution in [0.2, 0.25) is 19.6 Å². The lowest BCUT2D eigenvalue weighted by atomic mass is 9.97. The zero-order valence-corrected chi connectivity index (χ0v) is 11.1. The summed E-state index contributed by atoms with van der Waals surface area (Å²) in [5.74, 6) is 0. The minimum absolute atomic E-state index is 0.0474. The van der Waals surface area contributed by atoms with Gasteiger partial charge in [-0.2, -0.15) is 0 Å². The summed E-state index contributed by atoms with van der Waals surface area (Å²) in [6.45, 7) is 9.39. The zero-order chi connectivity index (χ0) is 11.1. The Bertz CT molecular complexity index is 341. The molecule has 0 aliphatic carbocycles. The molecule has 0 bridgehead atoms. The third-order valence-corrected chi connectivity index (χ3v) is 5.43. The van der Waals surface area contributed by atoms with Crippen LogP contribution in [-0.4, -0.2) is 13.8 Å². The molecule has 1 aliphatic rings. The average molecular weight is 220 g/mol. The van der Waals surface area contributed by atoms with E-state index >= 15 is 0 Å². The SMILES string of the molecule is CC[C@]1(c2ccccc2)O[C@@H]1[Si](C)(C)C. The molecule has 2 atom stereocenters. The lowest BCUT2D eigenvalue weighted by Crippen LogP contribution is -2.33. The Balaban J connectivity index is 2.29. The number of hydrogen-bond acceptors (Lipinski definition) is 1. The molecule has 0 aromatic heterocycles. The highest BCUT2D eigenvalue weighted by atomic mass is 28.3. The molecule has 2 rings (SSSR count). The highest BCUT2D eigenvalue weighted by Crippen LogP contribution is 2.52. The van der Waals surface area contributed by atoms with Gasteiger partial charge < -0.3 is 4.74 Å². The van der Waals surface area contributed by atoms with Gasteiger partial charge in [0.25, 0.3) is 0 Å². The first-order chi connectivity index (χ1) is 7.00. The van der Waals surface area contributed by atoms with Crippen molar-refractivity contribution in [1.29, 1.82) is 0 Å². The van der Waals surface area contributed by atoms with Crippen LogP contribution in [0.1, 0.15) is 18.9 Å². The molecule has 0 radical (unpaired) electrons. The predicted molar refractivity (Wildman–Crippen MR) is 66.6 cm³/mol. The topological polar surface area (TPSA) is 12.5 Å². The van der Waals surface area contributed by atoms with Crippen LogP contribution in [0, 0.1) is 0 Å². The molecular weight excluding hydrogens is 200 g/mol. The maximum Gasteiger partial charge on any atom is 0.116 e. The first-order valence-electron chi connectivity index (χ1n) is 5.74. The molecule has 0 N–H and O–H groups in total. The fraction of sp³-hybridized carbons (Fsp3) is 0.538. The molecule has 0 unspecified atom stereocenters. The molecule has 0 spiro atoms. The number of benzene rings is 1. The van der Waals surface area contributed by atoms with Gasteiger partial charge >= 0.3 is 0 Å². The fourth-order valence-electron chi connectivity index (χ4n) is 2.47.